The van der Waals surface area contributed by atoms with E-state index in [1.165, 1.54) is 12.1 Å². The van der Waals surface area contributed by atoms with E-state index in [4.69, 9.17) is 14.0 Å². The number of ether oxygens (including phenoxy) is 2. The Labute approximate surface area is 191 Å². The van der Waals surface area contributed by atoms with Gasteiger partial charge in [-0.25, -0.2) is 9.18 Å². The number of amides is 2. The molecule has 1 atom stereocenters. The summed E-state index contributed by atoms with van der Waals surface area (Å²) in [6.45, 7) is 2.82. The summed E-state index contributed by atoms with van der Waals surface area (Å²) in [5.74, 6) is 0.983. The zero-order valence-electron chi connectivity index (χ0n) is 18.7. The van der Waals surface area contributed by atoms with Crippen molar-refractivity contribution in [2.45, 2.75) is 19.4 Å². The first-order valence-electron chi connectivity index (χ1n) is 10.5. The predicted octanol–water partition coefficient (Wildman–Crippen LogP) is 4.42. The molecule has 1 unspecified atom stereocenters. The number of hydrogen-bond donors (Lipinski definition) is 1. The highest BCUT2D eigenvalue weighted by Crippen LogP contribution is 2.37. The largest absolute Gasteiger partial charge is 0.497 e. The van der Waals surface area contributed by atoms with Gasteiger partial charge in [0, 0.05) is 31.5 Å². The van der Waals surface area contributed by atoms with Gasteiger partial charge in [0.15, 0.2) is 0 Å². The van der Waals surface area contributed by atoms with E-state index in [1.54, 1.807) is 31.3 Å². The average Bonchev–Trinajstić information content (AvgIpc) is 3.31. The van der Waals surface area contributed by atoms with Crippen LogP contribution in [-0.4, -0.2) is 48.4 Å². The van der Waals surface area contributed by atoms with E-state index in [9.17, 15) is 9.18 Å². The van der Waals surface area contributed by atoms with Gasteiger partial charge in [0.25, 0.3) is 5.89 Å². The molecule has 0 aliphatic carbocycles. The summed E-state index contributed by atoms with van der Waals surface area (Å²) >= 11 is 0. The molecule has 3 aromatic rings. The molecule has 1 N–H and O–H groups in total. The number of benzene rings is 2. The van der Waals surface area contributed by atoms with Gasteiger partial charge in [-0.2, -0.15) is 4.98 Å². The first kappa shape index (κ1) is 22.5. The molecular formula is C24H25FN4O4. The highest BCUT2D eigenvalue weighted by molar-refractivity contribution is 5.86. The smallest absolute Gasteiger partial charge is 0.322 e. The molecule has 2 amide bonds. The SMILES string of the molecule is COCCCN1C(=O)NC(c2ccc(F)cc2)C(c2nc(-c3cccc(OC)c3)no2)=C1C. The maximum atomic E-state index is 13.5. The number of rotatable bonds is 8. The van der Waals surface area contributed by atoms with Crippen LogP contribution in [-0.2, 0) is 4.74 Å². The molecule has 0 saturated carbocycles. The maximum Gasteiger partial charge on any atom is 0.322 e. The minimum Gasteiger partial charge on any atom is -0.497 e. The number of nitrogens with one attached hydrogen (secondary N) is 1. The van der Waals surface area contributed by atoms with Crippen molar-refractivity contribution in [3.8, 4) is 17.1 Å². The van der Waals surface area contributed by atoms with Crippen LogP contribution in [0.5, 0.6) is 5.75 Å². The van der Waals surface area contributed by atoms with Crippen molar-refractivity contribution >= 4 is 11.6 Å². The minimum atomic E-state index is -0.574. The van der Waals surface area contributed by atoms with E-state index in [1.807, 2.05) is 31.2 Å². The van der Waals surface area contributed by atoms with Crippen LogP contribution in [0, 0.1) is 5.82 Å². The summed E-state index contributed by atoms with van der Waals surface area (Å²) in [4.78, 5) is 19.1. The number of aromatic nitrogens is 2. The molecule has 2 heterocycles. The molecule has 0 saturated heterocycles. The van der Waals surface area contributed by atoms with Crippen molar-refractivity contribution in [2.75, 3.05) is 27.4 Å². The number of allylic oxidation sites excluding steroid dienone is 1. The lowest BCUT2D eigenvalue weighted by atomic mass is 9.94. The Bertz CT molecular complexity index is 1160. The fourth-order valence-corrected chi connectivity index (χ4v) is 3.81. The molecule has 0 bridgehead atoms. The standard InChI is InChI=1S/C24H25FN4O4/c1-15-20(23-27-22(28-33-23)17-6-4-7-19(14-17)32-3)21(16-8-10-18(25)11-9-16)26-24(30)29(15)12-5-13-31-2/h4,6-11,14,21H,5,12-13H2,1-3H3,(H,26,30). The average molecular weight is 452 g/mol. The van der Waals surface area contributed by atoms with Crippen LogP contribution in [0.3, 0.4) is 0 Å². The van der Waals surface area contributed by atoms with Crippen molar-refractivity contribution in [3.63, 3.8) is 0 Å². The lowest BCUT2D eigenvalue weighted by Gasteiger charge is -2.35. The minimum absolute atomic E-state index is 0.255. The zero-order chi connectivity index (χ0) is 23.4. The zero-order valence-corrected chi connectivity index (χ0v) is 18.7. The molecule has 0 radical (unpaired) electrons. The maximum absolute atomic E-state index is 13.5. The van der Waals surface area contributed by atoms with Crippen LogP contribution in [0.15, 0.2) is 58.8 Å². The van der Waals surface area contributed by atoms with Gasteiger partial charge in [-0.3, -0.25) is 4.90 Å². The van der Waals surface area contributed by atoms with E-state index >= 15 is 0 Å². The number of urea groups is 1. The fourth-order valence-electron chi connectivity index (χ4n) is 3.81. The van der Waals surface area contributed by atoms with Crippen molar-refractivity contribution in [2.24, 2.45) is 0 Å². The van der Waals surface area contributed by atoms with Crippen LogP contribution < -0.4 is 10.1 Å². The Morgan fingerprint density at radius 1 is 1.18 bits per heavy atom. The van der Waals surface area contributed by atoms with Crippen molar-refractivity contribution in [1.29, 1.82) is 0 Å². The van der Waals surface area contributed by atoms with Gasteiger partial charge in [0.1, 0.15) is 11.6 Å². The molecule has 2 aromatic carbocycles. The third kappa shape index (κ3) is 4.73. The Kier molecular flexibility index (Phi) is 6.69. The number of carbonyl (C=O) groups is 1. The number of halogens is 1. The van der Waals surface area contributed by atoms with Gasteiger partial charge in [-0.05, 0) is 43.2 Å². The summed E-state index contributed by atoms with van der Waals surface area (Å²) in [5, 5.41) is 7.14. The molecule has 1 aromatic heterocycles. The molecule has 1 aliphatic heterocycles. The summed E-state index contributed by atoms with van der Waals surface area (Å²) in [7, 11) is 3.21. The molecule has 0 spiro atoms. The summed E-state index contributed by atoms with van der Waals surface area (Å²) < 4.78 is 29.6. The second-order valence-corrected chi connectivity index (χ2v) is 7.59. The first-order valence-corrected chi connectivity index (χ1v) is 10.5. The first-order chi connectivity index (χ1) is 16.0. The van der Waals surface area contributed by atoms with Gasteiger partial charge in [0.05, 0.1) is 18.7 Å². The molecule has 8 nitrogen and oxygen atoms in total. The number of carbonyl (C=O) groups excluding carboxylic acids is 1. The highest BCUT2D eigenvalue weighted by Gasteiger charge is 2.35. The van der Waals surface area contributed by atoms with Gasteiger partial charge in [0.2, 0.25) is 5.82 Å². The van der Waals surface area contributed by atoms with Crippen molar-refractivity contribution < 1.29 is 23.2 Å². The quantitative estimate of drug-likeness (QED) is 0.509. The molecule has 1 aliphatic rings. The van der Waals surface area contributed by atoms with E-state index in [2.05, 4.69) is 15.5 Å². The third-order valence-corrected chi connectivity index (χ3v) is 5.51. The van der Waals surface area contributed by atoms with Crippen LogP contribution in [0.2, 0.25) is 0 Å². The normalized spacial score (nSPS) is 16.2. The van der Waals surface area contributed by atoms with Crippen LogP contribution in [0.1, 0.15) is 30.8 Å². The van der Waals surface area contributed by atoms with E-state index in [-0.39, 0.29) is 17.7 Å². The molecule has 4 rings (SSSR count). The molecule has 9 heteroatoms. The number of hydrogen-bond acceptors (Lipinski definition) is 6. The second kappa shape index (κ2) is 9.83. The fraction of sp³-hybridized carbons (Fsp3) is 0.292. The monoisotopic (exact) mass is 452 g/mol. The Balaban J connectivity index is 1.76. The lowest BCUT2D eigenvalue weighted by Crippen LogP contribution is -2.46. The summed E-state index contributed by atoms with van der Waals surface area (Å²) in [6, 6.07) is 12.5. The van der Waals surface area contributed by atoms with Crippen LogP contribution in [0.4, 0.5) is 9.18 Å². The molecule has 33 heavy (non-hydrogen) atoms. The van der Waals surface area contributed by atoms with Crippen molar-refractivity contribution in [1.82, 2.24) is 20.4 Å². The highest BCUT2D eigenvalue weighted by atomic mass is 19.1. The van der Waals surface area contributed by atoms with E-state index in [0.29, 0.717) is 48.0 Å². The number of methoxy groups -OCH3 is 2. The van der Waals surface area contributed by atoms with Gasteiger partial charge in [-0.15, -0.1) is 0 Å². The molecule has 0 fully saturated rings. The molecular weight excluding hydrogens is 427 g/mol. The third-order valence-electron chi connectivity index (χ3n) is 5.51. The Morgan fingerprint density at radius 2 is 1.97 bits per heavy atom. The second-order valence-electron chi connectivity index (χ2n) is 7.59. The van der Waals surface area contributed by atoms with Crippen LogP contribution in [0.25, 0.3) is 17.0 Å². The summed E-state index contributed by atoms with van der Waals surface area (Å²) in [5.41, 5.74) is 2.78. The predicted molar refractivity (Wildman–Crippen MR) is 120 cm³/mol. The van der Waals surface area contributed by atoms with E-state index < -0.39 is 6.04 Å². The van der Waals surface area contributed by atoms with E-state index in [0.717, 1.165) is 5.56 Å². The Hall–Kier alpha value is -3.72. The van der Waals surface area contributed by atoms with Gasteiger partial charge >= 0.3 is 6.03 Å². The van der Waals surface area contributed by atoms with Gasteiger partial charge < -0.3 is 19.3 Å². The van der Waals surface area contributed by atoms with Crippen LogP contribution >= 0.6 is 0 Å². The summed E-state index contributed by atoms with van der Waals surface area (Å²) in [6.07, 6.45) is 0.661. The van der Waals surface area contributed by atoms with Gasteiger partial charge in [-0.1, -0.05) is 29.4 Å². The molecule has 172 valence electrons. The Morgan fingerprint density at radius 3 is 2.70 bits per heavy atom. The lowest BCUT2D eigenvalue weighted by molar-refractivity contribution is 0.174. The topological polar surface area (TPSA) is 89.7 Å². The number of nitrogens with zero attached hydrogens (tertiary/aromatic N) is 3. The van der Waals surface area contributed by atoms with Crippen molar-refractivity contribution in [3.05, 3.63) is 71.5 Å².